The summed E-state index contributed by atoms with van der Waals surface area (Å²) in [5.41, 5.74) is 3.08. The number of nitrogens with one attached hydrogen (secondary N) is 1. The zero-order valence-corrected chi connectivity index (χ0v) is 19.5. The molecule has 0 unspecified atom stereocenters. The van der Waals surface area contributed by atoms with E-state index in [1.165, 1.54) is 12.1 Å². The molecular formula is C26H30FN3O3. The number of aromatic nitrogens is 2. The van der Waals surface area contributed by atoms with Gasteiger partial charge in [0.15, 0.2) is 0 Å². The number of carbonyl (C=O) groups excluding carboxylic acids is 1. The molecule has 1 N–H and O–H groups in total. The molecule has 1 amide bonds. The number of hydrogen-bond donors (Lipinski definition) is 1. The zero-order chi connectivity index (χ0) is 23.3. The number of nitrogens with zero attached hydrogens (tertiary/aromatic N) is 2. The minimum atomic E-state index is -0.475. The van der Waals surface area contributed by atoms with Crippen molar-refractivity contribution in [1.29, 1.82) is 0 Å². The first kappa shape index (κ1) is 21.7. The van der Waals surface area contributed by atoms with Crippen molar-refractivity contribution in [2.75, 3.05) is 20.2 Å². The van der Waals surface area contributed by atoms with Crippen molar-refractivity contribution in [3.8, 4) is 16.9 Å². The fourth-order valence-corrected chi connectivity index (χ4v) is 5.42. The number of likely N-dealkylation sites (tertiary alicyclic amines) is 1. The number of pyridine rings is 1. The Bertz CT molecular complexity index is 1190. The molecule has 0 radical (unpaired) electrons. The summed E-state index contributed by atoms with van der Waals surface area (Å²) in [5, 5.41) is 0.962. The summed E-state index contributed by atoms with van der Waals surface area (Å²) >= 11 is 0. The molecule has 3 atom stereocenters. The number of benzene rings is 1. The number of ether oxygens (including phenoxy) is 2. The van der Waals surface area contributed by atoms with Gasteiger partial charge in [0.2, 0.25) is 0 Å². The van der Waals surface area contributed by atoms with Gasteiger partial charge in [0.1, 0.15) is 22.8 Å². The monoisotopic (exact) mass is 451 g/mol. The van der Waals surface area contributed by atoms with E-state index in [9.17, 15) is 9.18 Å². The van der Waals surface area contributed by atoms with Gasteiger partial charge in [-0.1, -0.05) is 0 Å². The SMILES string of the molecule is COc1ccc(F)cc1-c1ccnc2[nH]c([C@@H]3C[C@@H]4CN(C(=O)OC(C)(C)C)C[C@@H]4C3)cc12. The van der Waals surface area contributed by atoms with Crippen LogP contribution in [0.2, 0.25) is 0 Å². The Hall–Kier alpha value is -3.09. The van der Waals surface area contributed by atoms with Gasteiger partial charge in [0.05, 0.1) is 7.11 Å². The third-order valence-corrected chi connectivity index (χ3v) is 6.85. The van der Waals surface area contributed by atoms with Crippen LogP contribution in [-0.2, 0) is 4.74 Å². The summed E-state index contributed by atoms with van der Waals surface area (Å²) in [6.45, 7) is 7.20. The van der Waals surface area contributed by atoms with Crippen LogP contribution in [0.5, 0.6) is 5.75 Å². The standard InChI is InChI=1S/C26H30FN3O3/c1-26(2,3)33-25(31)30-13-16-9-15(10-17(16)14-30)22-12-21-19(7-8-28-24(21)29-22)20-11-18(27)5-6-23(20)32-4/h5-8,11-12,15-17H,9-10,13-14H2,1-4H3,(H,28,29)/t15-,16-,17+. The molecule has 2 aliphatic rings. The molecule has 1 aliphatic carbocycles. The van der Waals surface area contributed by atoms with Gasteiger partial charge in [-0.15, -0.1) is 0 Å². The lowest BCUT2D eigenvalue weighted by Gasteiger charge is -2.25. The van der Waals surface area contributed by atoms with E-state index < -0.39 is 5.60 Å². The number of hydrogen-bond acceptors (Lipinski definition) is 4. The van der Waals surface area contributed by atoms with E-state index in [-0.39, 0.29) is 11.9 Å². The van der Waals surface area contributed by atoms with Gasteiger partial charge in [-0.3, -0.25) is 0 Å². The van der Waals surface area contributed by atoms with Crippen LogP contribution >= 0.6 is 0 Å². The Labute approximate surface area is 193 Å². The van der Waals surface area contributed by atoms with E-state index >= 15 is 0 Å². The van der Waals surface area contributed by atoms with Crippen molar-refractivity contribution < 1.29 is 18.7 Å². The van der Waals surface area contributed by atoms with Crippen molar-refractivity contribution in [1.82, 2.24) is 14.9 Å². The summed E-state index contributed by atoms with van der Waals surface area (Å²) in [6, 6.07) is 8.62. The lowest BCUT2D eigenvalue weighted by Crippen LogP contribution is -2.36. The number of amides is 1. The average Bonchev–Trinajstić information content (AvgIpc) is 3.44. The molecule has 174 valence electrons. The predicted octanol–water partition coefficient (Wildman–Crippen LogP) is 5.74. The van der Waals surface area contributed by atoms with Gasteiger partial charge in [0.25, 0.3) is 0 Å². The second-order valence-electron chi connectivity index (χ2n) is 10.3. The van der Waals surface area contributed by atoms with Crippen molar-refractivity contribution in [3.63, 3.8) is 0 Å². The third-order valence-electron chi connectivity index (χ3n) is 6.85. The maximum absolute atomic E-state index is 14.0. The van der Waals surface area contributed by atoms with E-state index in [0.717, 1.165) is 48.2 Å². The van der Waals surface area contributed by atoms with Gasteiger partial charge in [-0.25, -0.2) is 14.2 Å². The molecule has 7 heteroatoms. The van der Waals surface area contributed by atoms with Gasteiger partial charge in [-0.2, -0.15) is 0 Å². The molecule has 33 heavy (non-hydrogen) atoms. The maximum atomic E-state index is 14.0. The number of aromatic amines is 1. The van der Waals surface area contributed by atoms with Crippen molar-refractivity contribution in [3.05, 3.63) is 48.0 Å². The smallest absolute Gasteiger partial charge is 0.410 e. The average molecular weight is 452 g/mol. The molecule has 5 rings (SSSR count). The molecule has 2 fully saturated rings. The van der Waals surface area contributed by atoms with Crippen LogP contribution in [-0.4, -0.2) is 46.8 Å². The highest BCUT2D eigenvalue weighted by molar-refractivity contribution is 5.95. The Morgan fingerprint density at radius 3 is 2.52 bits per heavy atom. The van der Waals surface area contributed by atoms with E-state index in [0.29, 0.717) is 29.1 Å². The normalized spacial score (nSPS) is 22.6. The highest BCUT2D eigenvalue weighted by atomic mass is 19.1. The first-order valence-corrected chi connectivity index (χ1v) is 11.5. The quantitative estimate of drug-likeness (QED) is 0.552. The fraction of sp³-hybridized carbons (Fsp3) is 0.462. The zero-order valence-electron chi connectivity index (χ0n) is 19.5. The molecule has 2 aromatic heterocycles. The molecule has 0 spiro atoms. The maximum Gasteiger partial charge on any atom is 0.410 e. The van der Waals surface area contributed by atoms with E-state index in [1.807, 2.05) is 31.7 Å². The number of carbonyl (C=O) groups is 1. The number of H-pyrrole nitrogens is 1. The van der Waals surface area contributed by atoms with Crippen LogP contribution in [0, 0.1) is 17.7 Å². The Balaban J connectivity index is 1.37. The van der Waals surface area contributed by atoms with Crippen molar-refractivity contribution in [2.24, 2.45) is 11.8 Å². The van der Waals surface area contributed by atoms with E-state index in [1.54, 1.807) is 19.4 Å². The highest BCUT2D eigenvalue weighted by Crippen LogP contribution is 2.47. The van der Waals surface area contributed by atoms with Crippen molar-refractivity contribution in [2.45, 2.75) is 45.1 Å². The number of methoxy groups -OCH3 is 1. The van der Waals surface area contributed by atoms with Crippen molar-refractivity contribution >= 4 is 17.1 Å². The van der Waals surface area contributed by atoms with E-state index in [4.69, 9.17) is 9.47 Å². The largest absolute Gasteiger partial charge is 0.496 e. The van der Waals surface area contributed by atoms with Crippen LogP contribution in [0.4, 0.5) is 9.18 Å². The van der Waals surface area contributed by atoms with Gasteiger partial charge < -0.3 is 19.4 Å². The van der Waals surface area contributed by atoms with Crippen LogP contribution in [0.25, 0.3) is 22.2 Å². The fourth-order valence-electron chi connectivity index (χ4n) is 5.42. The Morgan fingerprint density at radius 1 is 1.12 bits per heavy atom. The molecule has 6 nitrogen and oxygen atoms in total. The number of halogens is 1. The molecule has 1 aromatic carbocycles. The number of fused-ring (bicyclic) bond motifs is 2. The van der Waals surface area contributed by atoms with Gasteiger partial charge in [0, 0.05) is 35.9 Å². The van der Waals surface area contributed by atoms with E-state index in [2.05, 4.69) is 16.0 Å². The molecule has 1 aliphatic heterocycles. The topological polar surface area (TPSA) is 67.5 Å². The van der Waals surface area contributed by atoms with Crippen LogP contribution in [0.1, 0.15) is 45.2 Å². The van der Waals surface area contributed by atoms with Crippen LogP contribution in [0.3, 0.4) is 0 Å². The van der Waals surface area contributed by atoms with Crippen LogP contribution in [0.15, 0.2) is 36.5 Å². The summed E-state index contributed by atoms with van der Waals surface area (Å²) < 4.78 is 25.1. The van der Waals surface area contributed by atoms with Gasteiger partial charge >= 0.3 is 6.09 Å². The predicted molar refractivity (Wildman–Crippen MR) is 125 cm³/mol. The highest BCUT2D eigenvalue weighted by Gasteiger charge is 2.44. The number of rotatable bonds is 3. The first-order chi connectivity index (χ1) is 15.7. The lowest BCUT2D eigenvalue weighted by molar-refractivity contribution is 0.0279. The first-order valence-electron chi connectivity index (χ1n) is 11.5. The molecule has 1 saturated carbocycles. The summed E-state index contributed by atoms with van der Waals surface area (Å²) in [7, 11) is 1.59. The molecule has 1 saturated heterocycles. The molecule has 3 aromatic rings. The minimum Gasteiger partial charge on any atom is -0.496 e. The molecule has 3 heterocycles. The molecular weight excluding hydrogens is 421 g/mol. The van der Waals surface area contributed by atoms with Crippen LogP contribution < -0.4 is 4.74 Å². The second kappa shape index (κ2) is 8.04. The molecule has 0 bridgehead atoms. The van der Waals surface area contributed by atoms with Gasteiger partial charge in [-0.05, 0) is 87.3 Å². The lowest BCUT2D eigenvalue weighted by atomic mass is 9.99. The summed E-state index contributed by atoms with van der Waals surface area (Å²) in [5.74, 6) is 1.67. The summed E-state index contributed by atoms with van der Waals surface area (Å²) in [4.78, 5) is 22.3. The summed E-state index contributed by atoms with van der Waals surface area (Å²) in [6.07, 6.45) is 3.58. The Kier molecular flexibility index (Phi) is 5.30. The Morgan fingerprint density at radius 2 is 1.85 bits per heavy atom. The second-order valence-corrected chi connectivity index (χ2v) is 10.3. The minimum absolute atomic E-state index is 0.211. The third kappa shape index (κ3) is 4.16.